The van der Waals surface area contributed by atoms with Crippen LogP contribution in [0.4, 0.5) is 4.39 Å². The van der Waals surface area contributed by atoms with Gasteiger partial charge in [-0.3, -0.25) is 0 Å². The predicted octanol–water partition coefficient (Wildman–Crippen LogP) is 9.40. The maximum absolute atomic E-state index is 13.2. The second-order valence-electron chi connectivity index (χ2n) is 10.6. The average molecular weight is 421 g/mol. The molecule has 0 aromatic heterocycles. The Kier molecular flexibility index (Phi) is 7.86. The summed E-state index contributed by atoms with van der Waals surface area (Å²) >= 11 is 0. The molecule has 0 radical (unpaired) electrons. The second-order valence-corrected chi connectivity index (χ2v) is 10.6. The zero-order valence-corrected chi connectivity index (χ0v) is 19.7. The zero-order valence-electron chi connectivity index (χ0n) is 19.7. The smallest absolute Gasteiger partial charge is 0.123 e. The molecular formula is C30H41F. The topological polar surface area (TPSA) is 0 Å². The van der Waals surface area contributed by atoms with E-state index in [9.17, 15) is 4.39 Å². The average Bonchev–Trinajstić information content (AvgIpc) is 2.81. The lowest BCUT2D eigenvalue weighted by Gasteiger charge is -2.36. The summed E-state index contributed by atoms with van der Waals surface area (Å²) in [6.07, 6.45) is 15.7. The summed E-state index contributed by atoms with van der Waals surface area (Å²) in [6, 6.07) is 15.9. The fourth-order valence-corrected chi connectivity index (χ4v) is 6.49. The summed E-state index contributed by atoms with van der Waals surface area (Å²) in [4.78, 5) is 0. The van der Waals surface area contributed by atoms with Crippen molar-refractivity contribution in [2.75, 3.05) is 0 Å². The van der Waals surface area contributed by atoms with Crippen LogP contribution in [0.15, 0.2) is 48.5 Å². The lowest BCUT2D eigenvalue weighted by Crippen LogP contribution is -2.23. The first kappa shape index (κ1) is 22.6. The predicted molar refractivity (Wildman–Crippen MR) is 131 cm³/mol. The fraction of sp³-hybridized carbons (Fsp3) is 0.600. The highest BCUT2D eigenvalue weighted by atomic mass is 19.1. The van der Waals surface area contributed by atoms with Gasteiger partial charge in [-0.15, -0.1) is 0 Å². The first-order chi connectivity index (χ1) is 15.1. The highest BCUT2D eigenvalue weighted by Crippen LogP contribution is 2.42. The van der Waals surface area contributed by atoms with Gasteiger partial charge >= 0.3 is 0 Å². The van der Waals surface area contributed by atoms with Crippen LogP contribution in [0.1, 0.15) is 96.0 Å². The van der Waals surface area contributed by atoms with Crippen molar-refractivity contribution >= 4 is 0 Å². The fourth-order valence-electron chi connectivity index (χ4n) is 6.49. The Morgan fingerprint density at radius 3 is 1.87 bits per heavy atom. The summed E-state index contributed by atoms with van der Waals surface area (Å²) in [7, 11) is 0. The minimum absolute atomic E-state index is 0.171. The molecule has 4 rings (SSSR count). The van der Waals surface area contributed by atoms with Crippen molar-refractivity contribution < 1.29 is 4.39 Å². The van der Waals surface area contributed by atoms with E-state index in [2.05, 4.69) is 38.1 Å². The van der Waals surface area contributed by atoms with Gasteiger partial charge in [-0.05, 0) is 103 Å². The van der Waals surface area contributed by atoms with Gasteiger partial charge < -0.3 is 0 Å². The minimum Gasteiger partial charge on any atom is -0.207 e. The number of rotatable bonds is 7. The molecule has 1 unspecified atom stereocenters. The maximum Gasteiger partial charge on any atom is 0.123 e. The summed E-state index contributed by atoms with van der Waals surface area (Å²) in [5.74, 6) is 4.43. The Bertz CT molecular complexity index is 774. The van der Waals surface area contributed by atoms with Crippen LogP contribution in [0, 0.1) is 29.5 Å². The monoisotopic (exact) mass is 420 g/mol. The Labute approximate surface area is 189 Å². The maximum atomic E-state index is 13.2. The third-order valence-corrected chi connectivity index (χ3v) is 8.50. The van der Waals surface area contributed by atoms with E-state index in [4.69, 9.17) is 0 Å². The van der Waals surface area contributed by atoms with Crippen LogP contribution in [0.25, 0.3) is 11.1 Å². The van der Waals surface area contributed by atoms with Gasteiger partial charge in [-0.25, -0.2) is 4.39 Å². The van der Waals surface area contributed by atoms with Crippen LogP contribution in [0.3, 0.4) is 0 Å². The molecule has 0 saturated heterocycles. The normalized spacial score (nSPS) is 27.7. The molecule has 0 bridgehead atoms. The third kappa shape index (κ3) is 5.99. The molecule has 2 aromatic carbocycles. The third-order valence-electron chi connectivity index (χ3n) is 8.50. The highest BCUT2D eigenvalue weighted by molar-refractivity contribution is 5.63. The number of halogens is 1. The van der Waals surface area contributed by atoms with E-state index >= 15 is 0 Å². The Hall–Kier alpha value is -1.63. The van der Waals surface area contributed by atoms with Crippen molar-refractivity contribution in [2.24, 2.45) is 23.7 Å². The molecule has 0 aliphatic heterocycles. The quantitative estimate of drug-likeness (QED) is 0.418. The highest BCUT2D eigenvalue weighted by Gasteiger charge is 2.29. The van der Waals surface area contributed by atoms with E-state index in [-0.39, 0.29) is 5.82 Å². The molecule has 2 aliphatic carbocycles. The summed E-state index contributed by atoms with van der Waals surface area (Å²) in [5.41, 5.74) is 3.76. The Morgan fingerprint density at radius 1 is 0.742 bits per heavy atom. The first-order valence-corrected chi connectivity index (χ1v) is 13.0. The van der Waals surface area contributed by atoms with Crippen molar-refractivity contribution in [2.45, 2.75) is 90.4 Å². The van der Waals surface area contributed by atoms with E-state index < -0.39 is 0 Å². The van der Waals surface area contributed by atoms with Crippen molar-refractivity contribution in [3.63, 3.8) is 0 Å². The van der Waals surface area contributed by atoms with Gasteiger partial charge in [0.25, 0.3) is 0 Å². The van der Waals surface area contributed by atoms with Gasteiger partial charge in [0.1, 0.15) is 5.82 Å². The standard InChI is InChI=1S/C30H41F/c1-3-4-23-5-9-25(10-6-23)22(2)21-24-7-11-26(12-8-24)27-13-15-28(16-14-27)29-17-19-30(31)20-18-29/h13-20,22-26H,3-12,21H2,1-2H3. The molecule has 0 spiro atoms. The second kappa shape index (κ2) is 10.8. The van der Waals surface area contributed by atoms with Gasteiger partial charge in [0.05, 0.1) is 0 Å². The van der Waals surface area contributed by atoms with Crippen molar-refractivity contribution in [1.82, 2.24) is 0 Å². The van der Waals surface area contributed by atoms with Crippen LogP contribution < -0.4 is 0 Å². The van der Waals surface area contributed by atoms with Crippen LogP contribution in [0.2, 0.25) is 0 Å². The van der Waals surface area contributed by atoms with Crippen LogP contribution >= 0.6 is 0 Å². The van der Waals surface area contributed by atoms with Gasteiger partial charge in [0, 0.05) is 0 Å². The molecule has 0 nitrogen and oxygen atoms in total. The minimum atomic E-state index is -0.171. The largest absolute Gasteiger partial charge is 0.207 e. The lowest BCUT2D eigenvalue weighted by atomic mass is 9.70. The van der Waals surface area contributed by atoms with Gasteiger partial charge in [0.15, 0.2) is 0 Å². The molecule has 2 saturated carbocycles. The summed E-state index contributed by atoms with van der Waals surface area (Å²) in [6.45, 7) is 4.88. The molecule has 168 valence electrons. The molecular weight excluding hydrogens is 379 g/mol. The molecule has 0 amide bonds. The van der Waals surface area contributed by atoms with Crippen molar-refractivity contribution in [3.05, 3.63) is 59.9 Å². The molecule has 31 heavy (non-hydrogen) atoms. The molecule has 0 heterocycles. The van der Waals surface area contributed by atoms with Crippen LogP contribution in [-0.4, -0.2) is 0 Å². The number of benzene rings is 2. The Balaban J connectivity index is 1.24. The van der Waals surface area contributed by atoms with E-state index in [0.717, 1.165) is 35.2 Å². The SMILES string of the molecule is CCCC1CCC(C(C)CC2CCC(c3ccc(-c4ccc(F)cc4)cc3)CC2)CC1. The number of hydrogen-bond acceptors (Lipinski definition) is 0. The van der Waals surface area contributed by atoms with Crippen molar-refractivity contribution in [3.8, 4) is 11.1 Å². The van der Waals surface area contributed by atoms with Gasteiger partial charge in [-0.1, -0.05) is 75.9 Å². The molecule has 1 atom stereocenters. The summed E-state index contributed by atoms with van der Waals surface area (Å²) in [5, 5.41) is 0. The zero-order chi connectivity index (χ0) is 21.6. The van der Waals surface area contributed by atoms with Gasteiger partial charge in [-0.2, -0.15) is 0 Å². The van der Waals surface area contributed by atoms with E-state index in [0.29, 0.717) is 0 Å². The molecule has 0 N–H and O–H groups in total. The molecule has 2 aliphatic rings. The lowest BCUT2D eigenvalue weighted by molar-refractivity contribution is 0.169. The van der Waals surface area contributed by atoms with E-state index in [1.54, 1.807) is 12.1 Å². The first-order valence-electron chi connectivity index (χ1n) is 13.0. The van der Waals surface area contributed by atoms with E-state index in [1.165, 1.54) is 81.8 Å². The Morgan fingerprint density at radius 2 is 1.29 bits per heavy atom. The molecule has 2 fully saturated rings. The van der Waals surface area contributed by atoms with Crippen LogP contribution in [-0.2, 0) is 0 Å². The summed E-state index contributed by atoms with van der Waals surface area (Å²) < 4.78 is 13.2. The van der Waals surface area contributed by atoms with Crippen molar-refractivity contribution in [1.29, 1.82) is 0 Å². The van der Waals surface area contributed by atoms with Gasteiger partial charge in [0.2, 0.25) is 0 Å². The molecule has 1 heteroatoms. The van der Waals surface area contributed by atoms with Crippen LogP contribution in [0.5, 0.6) is 0 Å². The van der Waals surface area contributed by atoms with E-state index in [1.807, 2.05) is 12.1 Å². The molecule has 2 aromatic rings. The number of hydrogen-bond donors (Lipinski definition) is 0.